The Kier molecular flexibility index (Phi) is 3.40. The zero-order valence-corrected chi connectivity index (χ0v) is 9.91. The zero-order chi connectivity index (χ0) is 10.0. The van der Waals surface area contributed by atoms with Gasteiger partial charge >= 0.3 is 0 Å². The molecule has 0 amide bonds. The molecule has 0 aromatic carbocycles. The molecule has 0 aliphatic heterocycles. The van der Waals surface area contributed by atoms with Crippen molar-refractivity contribution in [3.05, 3.63) is 0 Å². The normalized spacial score (nSPS) is 35.6. The van der Waals surface area contributed by atoms with Gasteiger partial charge in [0.25, 0.3) is 0 Å². The van der Waals surface area contributed by atoms with Gasteiger partial charge in [-0.2, -0.15) is 11.8 Å². The molecule has 2 aliphatic carbocycles. The summed E-state index contributed by atoms with van der Waals surface area (Å²) in [7, 11) is 0. The quantitative estimate of drug-likeness (QED) is 0.748. The molecule has 3 N–H and O–H groups in total. The van der Waals surface area contributed by atoms with Gasteiger partial charge in [-0.15, -0.1) is 0 Å². The SMILES string of the molecule is CSC1(CNC2CCCC(N)C2)CC1. The van der Waals surface area contributed by atoms with Gasteiger partial charge in [0, 0.05) is 23.4 Å². The van der Waals surface area contributed by atoms with Gasteiger partial charge in [0.05, 0.1) is 0 Å². The molecule has 2 unspecified atom stereocenters. The van der Waals surface area contributed by atoms with Crippen molar-refractivity contribution in [1.82, 2.24) is 5.32 Å². The molecule has 0 saturated heterocycles. The van der Waals surface area contributed by atoms with E-state index >= 15 is 0 Å². The van der Waals surface area contributed by atoms with Crippen LogP contribution in [-0.4, -0.2) is 29.6 Å². The molecule has 2 saturated carbocycles. The second-order valence-corrected chi connectivity index (χ2v) is 6.17. The highest BCUT2D eigenvalue weighted by Crippen LogP contribution is 2.46. The second kappa shape index (κ2) is 4.42. The first-order valence-electron chi connectivity index (χ1n) is 5.78. The van der Waals surface area contributed by atoms with Crippen molar-refractivity contribution in [2.24, 2.45) is 5.73 Å². The summed E-state index contributed by atoms with van der Waals surface area (Å²) >= 11 is 2.03. The molecule has 2 aliphatic rings. The highest BCUT2D eigenvalue weighted by molar-refractivity contribution is 8.00. The first-order valence-corrected chi connectivity index (χ1v) is 7.01. The van der Waals surface area contributed by atoms with Gasteiger partial charge in [-0.05, 0) is 38.4 Å². The molecule has 14 heavy (non-hydrogen) atoms. The maximum Gasteiger partial charge on any atom is 0.0282 e. The van der Waals surface area contributed by atoms with Crippen LogP contribution in [0.3, 0.4) is 0 Å². The summed E-state index contributed by atoms with van der Waals surface area (Å²) in [4.78, 5) is 0. The van der Waals surface area contributed by atoms with Crippen LogP contribution < -0.4 is 11.1 Å². The van der Waals surface area contributed by atoms with E-state index in [2.05, 4.69) is 11.6 Å². The van der Waals surface area contributed by atoms with E-state index < -0.39 is 0 Å². The predicted octanol–water partition coefficient (Wildman–Crippen LogP) is 1.74. The van der Waals surface area contributed by atoms with Crippen LogP contribution in [-0.2, 0) is 0 Å². The van der Waals surface area contributed by atoms with Crippen molar-refractivity contribution < 1.29 is 0 Å². The Morgan fingerprint density at radius 3 is 2.79 bits per heavy atom. The Morgan fingerprint density at radius 1 is 1.43 bits per heavy atom. The Balaban J connectivity index is 1.69. The predicted molar refractivity (Wildman–Crippen MR) is 63.7 cm³/mol. The van der Waals surface area contributed by atoms with Crippen LogP contribution in [0.25, 0.3) is 0 Å². The van der Waals surface area contributed by atoms with E-state index in [1.54, 1.807) is 0 Å². The summed E-state index contributed by atoms with van der Waals surface area (Å²) in [5.41, 5.74) is 5.97. The maximum absolute atomic E-state index is 5.97. The summed E-state index contributed by atoms with van der Waals surface area (Å²) in [6.45, 7) is 1.20. The van der Waals surface area contributed by atoms with E-state index in [1.165, 1.54) is 45.1 Å². The fourth-order valence-electron chi connectivity index (χ4n) is 2.34. The van der Waals surface area contributed by atoms with Gasteiger partial charge in [0.15, 0.2) is 0 Å². The average molecular weight is 214 g/mol. The molecule has 0 aromatic heterocycles. The van der Waals surface area contributed by atoms with Crippen molar-refractivity contribution in [2.75, 3.05) is 12.8 Å². The monoisotopic (exact) mass is 214 g/mol. The summed E-state index contributed by atoms with van der Waals surface area (Å²) in [5.74, 6) is 0. The molecule has 0 spiro atoms. The lowest BCUT2D eigenvalue weighted by atomic mass is 9.91. The van der Waals surface area contributed by atoms with Crippen LogP contribution in [0.2, 0.25) is 0 Å². The Labute approximate surface area is 91.4 Å². The molecule has 2 atom stereocenters. The zero-order valence-electron chi connectivity index (χ0n) is 9.09. The minimum absolute atomic E-state index is 0.450. The van der Waals surface area contributed by atoms with Crippen LogP contribution in [0.5, 0.6) is 0 Å². The summed E-state index contributed by atoms with van der Waals surface area (Å²) in [5, 5.41) is 3.70. The maximum atomic E-state index is 5.97. The Hall–Kier alpha value is 0.270. The minimum Gasteiger partial charge on any atom is -0.328 e. The fraction of sp³-hybridized carbons (Fsp3) is 1.00. The molecule has 2 rings (SSSR count). The molecule has 0 bridgehead atoms. The first kappa shape index (κ1) is 10.8. The van der Waals surface area contributed by atoms with Crippen molar-refractivity contribution in [2.45, 2.75) is 55.4 Å². The van der Waals surface area contributed by atoms with E-state index in [4.69, 9.17) is 5.73 Å². The molecule has 2 nitrogen and oxygen atoms in total. The highest BCUT2D eigenvalue weighted by Gasteiger charge is 2.41. The van der Waals surface area contributed by atoms with Crippen LogP contribution in [0.4, 0.5) is 0 Å². The van der Waals surface area contributed by atoms with Crippen molar-refractivity contribution in [1.29, 1.82) is 0 Å². The van der Waals surface area contributed by atoms with Crippen molar-refractivity contribution >= 4 is 11.8 Å². The van der Waals surface area contributed by atoms with E-state index in [1.807, 2.05) is 11.8 Å². The summed E-state index contributed by atoms with van der Waals surface area (Å²) in [6, 6.07) is 1.15. The van der Waals surface area contributed by atoms with Gasteiger partial charge in [-0.3, -0.25) is 0 Å². The number of nitrogens with one attached hydrogen (secondary N) is 1. The van der Waals surface area contributed by atoms with Gasteiger partial charge in [0.2, 0.25) is 0 Å². The summed E-state index contributed by atoms with van der Waals surface area (Å²) < 4.78 is 0.599. The van der Waals surface area contributed by atoms with E-state index in [9.17, 15) is 0 Å². The molecule has 2 fully saturated rings. The van der Waals surface area contributed by atoms with Crippen LogP contribution in [0, 0.1) is 0 Å². The van der Waals surface area contributed by atoms with Gasteiger partial charge < -0.3 is 11.1 Å². The van der Waals surface area contributed by atoms with E-state index in [0.29, 0.717) is 16.8 Å². The lowest BCUT2D eigenvalue weighted by Gasteiger charge is -2.28. The fourth-order valence-corrected chi connectivity index (χ4v) is 3.07. The molecule has 0 radical (unpaired) electrons. The topological polar surface area (TPSA) is 38.0 Å². The molecule has 0 aromatic rings. The number of hydrogen-bond acceptors (Lipinski definition) is 3. The number of hydrogen-bond donors (Lipinski definition) is 2. The Morgan fingerprint density at radius 2 is 2.21 bits per heavy atom. The van der Waals surface area contributed by atoms with E-state index in [0.717, 1.165) is 0 Å². The number of nitrogens with two attached hydrogens (primary N) is 1. The Bertz CT molecular complexity index is 192. The minimum atomic E-state index is 0.450. The number of rotatable bonds is 4. The molecule has 3 heteroatoms. The molecular formula is C11H22N2S. The van der Waals surface area contributed by atoms with Gasteiger partial charge in [-0.25, -0.2) is 0 Å². The van der Waals surface area contributed by atoms with Crippen molar-refractivity contribution in [3.8, 4) is 0 Å². The first-order chi connectivity index (χ1) is 6.74. The van der Waals surface area contributed by atoms with Gasteiger partial charge in [-0.1, -0.05) is 6.42 Å². The lowest BCUT2D eigenvalue weighted by molar-refractivity contribution is 0.339. The van der Waals surface area contributed by atoms with E-state index in [-0.39, 0.29) is 0 Å². The second-order valence-electron chi connectivity index (χ2n) is 4.89. The number of thioether (sulfide) groups is 1. The average Bonchev–Trinajstić information content (AvgIpc) is 2.96. The standard InChI is InChI=1S/C11H22N2S/c1-14-11(5-6-11)8-13-10-4-2-3-9(12)7-10/h9-10,13H,2-8,12H2,1H3. The third kappa shape index (κ3) is 2.65. The molecular weight excluding hydrogens is 192 g/mol. The van der Waals surface area contributed by atoms with Gasteiger partial charge in [0.1, 0.15) is 0 Å². The molecule has 82 valence electrons. The van der Waals surface area contributed by atoms with Crippen molar-refractivity contribution in [3.63, 3.8) is 0 Å². The molecule has 0 heterocycles. The smallest absolute Gasteiger partial charge is 0.0282 e. The highest BCUT2D eigenvalue weighted by atomic mass is 32.2. The summed E-state index contributed by atoms with van der Waals surface area (Å²) in [6.07, 6.45) is 10.1. The lowest BCUT2D eigenvalue weighted by Crippen LogP contribution is -2.42. The third-order valence-electron chi connectivity index (χ3n) is 3.67. The third-order valence-corrected chi connectivity index (χ3v) is 5.09. The van der Waals surface area contributed by atoms with Crippen LogP contribution >= 0.6 is 11.8 Å². The van der Waals surface area contributed by atoms with Crippen LogP contribution in [0.15, 0.2) is 0 Å². The largest absolute Gasteiger partial charge is 0.328 e. The van der Waals surface area contributed by atoms with Crippen LogP contribution in [0.1, 0.15) is 38.5 Å².